The number of hydrogen-bond donors (Lipinski definition) is 1. The maximum Gasteiger partial charge on any atom is 0.303 e. The van der Waals surface area contributed by atoms with Crippen molar-refractivity contribution in [1.82, 2.24) is 4.31 Å². The van der Waals surface area contributed by atoms with E-state index < -0.39 is 10.2 Å². The minimum atomic E-state index is -3.45. The van der Waals surface area contributed by atoms with Gasteiger partial charge in [-0.1, -0.05) is 26.0 Å². The summed E-state index contributed by atoms with van der Waals surface area (Å²) in [5, 5.41) is 0. The summed E-state index contributed by atoms with van der Waals surface area (Å²) < 4.78 is 27.3. The predicted molar refractivity (Wildman–Crippen MR) is 74.6 cm³/mol. The molecule has 0 bridgehead atoms. The molecule has 1 aromatic rings. The third kappa shape index (κ3) is 3.01. The van der Waals surface area contributed by atoms with Crippen LogP contribution < -0.4 is 10.0 Å². The number of hydrogen-bond acceptors (Lipinski definition) is 3. The Bertz CT molecular complexity index is 484. The van der Waals surface area contributed by atoms with Crippen molar-refractivity contribution >= 4 is 15.9 Å². The lowest BCUT2D eigenvalue weighted by molar-refractivity contribution is 0.444. The Kier molecular flexibility index (Phi) is 5.13. The zero-order valence-electron chi connectivity index (χ0n) is 11.1. The molecule has 0 aliphatic carbocycles. The van der Waals surface area contributed by atoms with Gasteiger partial charge in [0.25, 0.3) is 0 Å². The first-order chi connectivity index (χ1) is 8.47. The fourth-order valence-corrected chi connectivity index (χ4v) is 3.11. The van der Waals surface area contributed by atoms with E-state index in [1.165, 1.54) is 8.61 Å². The average molecular weight is 271 g/mol. The number of benzene rings is 1. The second-order valence-electron chi connectivity index (χ2n) is 3.93. The monoisotopic (exact) mass is 271 g/mol. The number of nitrogens with two attached hydrogens (primary N) is 1. The van der Waals surface area contributed by atoms with Crippen LogP contribution in [0.15, 0.2) is 24.3 Å². The van der Waals surface area contributed by atoms with Crippen molar-refractivity contribution in [2.75, 3.05) is 24.4 Å². The van der Waals surface area contributed by atoms with E-state index in [2.05, 4.69) is 0 Å². The van der Waals surface area contributed by atoms with E-state index in [9.17, 15) is 8.42 Å². The third-order valence-corrected chi connectivity index (χ3v) is 4.96. The van der Waals surface area contributed by atoms with Crippen molar-refractivity contribution in [2.45, 2.75) is 20.4 Å². The van der Waals surface area contributed by atoms with E-state index in [4.69, 9.17) is 5.73 Å². The Balaban J connectivity index is 3.08. The van der Waals surface area contributed by atoms with Crippen LogP contribution >= 0.6 is 0 Å². The smallest absolute Gasteiger partial charge is 0.303 e. The van der Waals surface area contributed by atoms with Crippen molar-refractivity contribution in [3.05, 3.63) is 29.8 Å². The maximum absolute atomic E-state index is 12.3. The molecule has 0 amide bonds. The van der Waals surface area contributed by atoms with Crippen molar-refractivity contribution in [3.8, 4) is 0 Å². The van der Waals surface area contributed by atoms with Gasteiger partial charge in [0.1, 0.15) is 0 Å². The van der Waals surface area contributed by atoms with E-state index in [0.29, 0.717) is 25.3 Å². The molecule has 0 atom stereocenters. The Hall–Kier alpha value is -1.11. The van der Waals surface area contributed by atoms with Gasteiger partial charge < -0.3 is 5.73 Å². The van der Waals surface area contributed by atoms with Crippen molar-refractivity contribution < 1.29 is 8.42 Å². The molecule has 0 unspecified atom stereocenters. The first-order valence-corrected chi connectivity index (χ1v) is 7.40. The summed E-state index contributed by atoms with van der Waals surface area (Å²) in [6.07, 6.45) is 0. The number of nitrogens with zero attached hydrogens (tertiary/aromatic N) is 2. The molecule has 1 aromatic carbocycles. The highest BCUT2D eigenvalue weighted by atomic mass is 32.2. The first-order valence-electron chi connectivity index (χ1n) is 6.00. The Labute approximate surface area is 109 Å². The first kappa shape index (κ1) is 14.9. The molecule has 6 heteroatoms. The average Bonchev–Trinajstić information content (AvgIpc) is 2.39. The molecule has 0 aromatic heterocycles. The summed E-state index contributed by atoms with van der Waals surface area (Å²) in [4.78, 5) is 0. The van der Waals surface area contributed by atoms with Crippen LogP contribution in [0.4, 0.5) is 5.69 Å². The van der Waals surface area contributed by atoms with Crippen LogP contribution in [-0.4, -0.2) is 32.9 Å². The third-order valence-electron chi connectivity index (χ3n) is 2.89. The summed E-state index contributed by atoms with van der Waals surface area (Å²) in [6.45, 7) is 4.96. The van der Waals surface area contributed by atoms with Gasteiger partial charge in [-0.3, -0.25) is 4.31 Å². The maximum atomic E-state index is 12.3. The van der Waals surface area contributed by atoms with Crippen LogP contribution in [-0.2, 0) is 16.8 Å². The van der Waals surface area contributed by atoms with Crippen molar-refractivity contribution in [3.63, 3.8) is 0 Å². The molecule has 0 fully saturated rings. The van der Waals surface area contributed by atoms with Gasteiger partial charge in [-0.15, -0.1) is 0 Å². The summed E-state index contributed by atoms with van der Waals surface area (Å²) in [7, 11) is -1.89. The molecule has 2 N–H and O–H groups in total. The minimum absolute atomic E-state index is 0.396. The summed E-state index contributed by atoms with van der Waals surface area (Å²) >= 11 is 0. The second kappa shape index (κ2) is 6.17. The highest BCUT2D eigenvalue weighted by Crippen LogP contribution is 2.19. The lowest BCUT2D eigenvalue weighted by Crippen LogP contribution is -2.41. The van der Waals surface area contributed by atoms with E-state index in [1.54, 1.807) is 19.2 Å². The fourth-order valence-electron chi connectivity index (χ4n) is 1.74. The molecule has 0 radical (unpaired) electrons. The van der Waals surface area contributed by atoms with Crippen LogP contribution in [0.1, 0.15) is 19.4 Å². The highest BCUT2D eigenvalue weighted by Gasteiger charge is 2.24. The van der Waals surface area contributed by atoms with E-state index in [-0.39, 0.29) is 0 Å². The Morgan fingerprint density at radius 3 is 2.33 bits per heavy atom. The van der Waals surface area contributed by atoms with E-state index in [1.807, 2.05) is 26.0 Å². The molecular formula is C12H21N3O2S. The lowest BCUT2D eigenvalue weighted by Gasteiger charge is -2.27. The molecule has 0 saturated heterocycles. The van der Waals surface area contributed by atoms with Gasteiger partial charge in [0.2, 0.25) is 0 Å². The van der Waals surface area contributed by atoms with Gasteiger partial charge in [0.15, 0.2) is 0 Å². The molecule has 0 aliphatic rings. The SMILES string of the molecule is CCN(CC)S(=O)(=O)N(C)c1cccc(CN)c1. The Morgan fingerprint density at radius 1 is 1.22 bits per heavy atom. The predicted octanol–water partition coefficient (Wildman–Crippen LogP) is 1.17. The van der Waals surface area contributed by atoms with Crippen LogP contribution in [0.5, 0.6) is 0 Å². The van der Waals surface area contributed by atoms with Gasteiger partial charge in [0.05, 0.1) is 5.69 Å². The normalized spacial score (nSPS) is 11.8. The topological polar surface area (TPSA) is 66.6 Å². The fraction of sp³-hybridized carbons (Fsp3) is 0.500. The minimum Gasteiger partial charge on any atom is -0.326 e. The molecule has 102 valence electrons. The Morgan fingerprint density at radius 2 is 1.83 bits per heavy atom. The summed E-state index contributed by atoms with van der Waals surface area (Å²) in [5.41, 5.74) is 7.10. The second-order valence-corrected chi connectivity index (χ2v) is 5.89. The molecule has 0 heterocycles. The van der Waals surface area contributed by atoms with Gasteiger partial charge >= 0.3 is 10.2 Å². The molecule has 0 spiro atoms. The highest BCUT2D eigenvalue weighted by molar-refractivity contribution is 7.90. The van der Waals surface area contributed by atoms with Crippen LogP contribution in [0.2, 0.25) is 0 Å². The number of anilines is 1. The van der Waals surface area contributed by atoms with Gasteiger partial charge in [-0.25, -0.2) is 0 Å². The molecule has 0 aliphatic heterocycles. The molecule has 5 nitrogen and oxygen atoms in total. The van der Waals surface area contributed by atoms with Gasteiger partial charge in [0, 0.05) is 26.7 Å². The van der Waals surface area contributed by atoms with E-state index >= 15 is 0 Å². The largest absolute Gasteiger partial charge is 0.326 e. The number of rotatable bonds is 6. The molecule has 1 rings (SSSR count). The van der Waals surface area contributed by atoms with Crippen LogP contribution in [0, 0.1) is 0 Å². The van der Waals surface area contributed by atoms with Crippen LogP contribution in [0.3, 0.4) is 0 Å². The zero-order chi connectivity index (χ0) is 13.8. The standard InChI is InChI=1S/C12H21N3O2S/c1-4-15(5-2)18(16,17)14(3)12-8-6-7-11(9-12)10-13/h6-9H,4-5,10,13H2,1-3H3. The summed E-state index contributed by atoms with van der Waals surface area (Å²) in [5.74, 6) is 0. The molecule has 0 saturated carbocycles. The quantitative estimate of drug-likeness (QED) is 0.844. The van der Waals surface area contributed by atoms with Crippen LogP contribution in [0.25, 0.3) is 0 Å². The lowest BCUT2D eigenvalue weighted by atomic mass is 10.2. The van der Waals surface area contributed by atoms with Crippen molar-refractivity contribution in [1.29, 1.82) is 0 Å². The zero-order valence-corrected chi connectivity index (χ0v) is 11.9. The molecular weight excluding hydrogens is 250 g/mol. The van der Waals surface area contributed by atoms with Gasteiger partial charge in [-0.05, 0) is 17.7 Å². The summed E-state index contributed by atoms with van der Waals surface area (Å²) in [6, 6.07) is 7.24. The van der Waals surface area contributed by atoms with Gasteiger partial charge in [-0.2, -0.15) is 12.7 Å². The van der Waals surface area contributed by atoms with Crippen molar-refractivity contribution in [2.24, 2.45) is 5.73 Å². The van der Waals surface area contributed by atoms with E-state index in [0.717, 1.165) is 5.56 Å². The molecule has 18 heavy (non-hydrogen) atoms.